The lowest BCUT2D eigenvalue weighted by atomic mass is 9.35. The fraction of sp³-hybridized carbons (Fsp3) is 0.933. The van der Waals surface area contributed by atoms with Crippen LogP contribution in [0.4, 0.5) is 0 Å². The zero-order valence-electron chi connectivity index (χ0n) is 22.8. The summed E-state index contributed by atoms with van der Waals surface area (Å²) in [5, 5.41) is 45.1. The zero-order chi connectivity index (χ0) is 25.2. The maximum atomic E-state index is 11.8. The molecule has 0 spiro atoms. The van der Waals surface area contributed by atoms with Crippen LogP contribution in [0.1, 0.15) is 93.9 Å². The van der Waals surface area contributed by atoms with Crippen LogP contribution >= 0.6 is 0 Å². The Morgan fingerprint density at radius 2 is 1.47 bits per heavy atom. The Balaban J connectivity index is 1.62. The van der Waals surface area contributed by atoms with Gasteiger partial charge in [0.15, 0.2) is 0 Å². The zero-order valence-corrected chi connectivity index (χ0v) is 22.8. The summed E-state index contributed by atoms with van der Waals surface area (Å²) < 4.78 is 0. The first-order valence-electron chi connectivity index (χ1n) is 14.0. The van der Waals surface area contributed by atoms with Crippen molar-refractivity contribution in [3.63, 3.8) is 0 Å². The Bertz CT molecular complexity index is 879. The van der Waals surface area contributed by atoms with Gasteiger partial charge in [-0.3, -0.25) is 0 Å². The van der Waals surface area contributed by atoms with Gasteiger partial charge in [-0.1, -0.05) is 67.0 Å². The van der Waals surface area contributed by atoms with Crippen molar-refractivity contribution in [2.45, 2.75) is 118 Å². The SMILES string of the molecule is CC(C)[C@@H]1C[C@@H](O)[C@@H]2[C@@]1(C)CC[C@]1(C)[C@H]3C(=CC[C@@]21C)[C@@]1(C)C[C@@H](O)[C@H](O)C(C)(C)[C@@H]1C[C@@H]3O. The Kier molecular flexibility index (Phi) is 5.44. The minimum atomic E-state index is -0.767. The number of fused-ring (bicyclic) bond motifs is 7. The molecule has 0 saturated heterocycles. The number of hydrogen-bond acceptors (Lipinski definition) is 4. The quantitative estimate of drug-likeness (QED) is 0.406. The van der Waals surface area contributed by atoms with Crippen molar-refractivity contribution >= 4 is 0 Å². The van der Waals surface area contributed by atoms with E-state index < -0.39 is 23.7 Å². The van der Waals surface area contributed by atoms with E-state index in [4.69, 9.17) is 0 Å². The predicted octanol–water partition coefficient (Wildman–Crippen LogP) is 4.94. The maximum Gasteiger partial charge on any atom is 0.0853 e. The molecule has 0 aliphatic heterocycles. The average molecular weight is 475 g/mol. The number of allylic oxidation sites excluding steroid dienone is 1. The number of aliphatic hydroxyl groups is 4. The van der Waals surface area contributed by atoms with Gasteiger partial charge < -0.3 is 20.4 Å². The topological polar surface area (TPSA) is 80.9 Å². The van der Waals surface area contributed by atoms with Crippen molar-refractivity contribution in [2.24, 2.45) is 56.7 Å². The summed E-state index contributed by atoms with van der Waals surface area (Å²) >= 11 is 0. The van der Waals surface area contributed by atoms with Crippen LogP contribution < -0.4 is 0 Å². The minimum absolute atomic E-state index is 0.0422. The Hall–Kier alpha value is -0.420. The number of rotatable bonds is 1. The molecule has 0 unspecified atom stereocenters. The van der Waals surface area contributed by atoms with Gasteiger partial charge in [0, 0.05) is 5.92 Å². The number of aliphatic hydroxyl groups excluding tert-OH is 4. The van der Waals surface area contributed by atoms with E-state index in [0.29, 0.717) is 24.7 Å². The van der Waals surface area contributed by atoms with E-state index in [1.54, 1.807) is 0 Å². The molecule has 5 rings (SSSR count). The molecule has 34 heavy (non-hydrogen) atoms. The smallest absolute Gasteiger partial charge is 0.0853 e. The van der Waals surface area contributed by atoms with E-state index in [2.05, 4.69) is 61.5 Å². The van der Waals surface area contributed by atoms with Crippen LogP contribution in [0.3, 0.4) is 0 Å². The van der Waals surface area contributed by atoms with E-state index in [9.17, 15) is 20.4 Å². The van der Waals surface area contributed by atoms with Gasteiger partial charge in [-0.2, -0.15) is 0 Å². The minimum Gasteiger partial charge on any atom is -0.393 e. The molecule has 4 nitrogen and oxygen atoms in total. The Labute approximate surface area is 207 Å². The highest BCUT2D eigenvalue weighted by Gasteiger charge is 2.72. The highest BCUT2D eigenvalue weighted by atomic mass is 16.3. The molecule has 194 valence electrons. The molecule has 0 bridgehead atoms. The van der Waals surface area contributed by atoms with Crippen molar-refractivity contribution in [1.29, 1.82) is 0 Å². The first kappa shape index (κ1) is 25.2. The van der Waals surface area contributed by atoms with E-state index in [1.165, 1.54) is 5.57 Å². The van der Waals surface area contributed by atoms with Crippen molar-refractivity contribution in [3.8, 4) is 0 Å². The summed E-state index contributed by atoms with van der Waals surface area (Å²) in [6, 6.07) is 0. The molecule has 0 aromatic carbocycles. The van der Waals surface area contributed by atoms with Gasteiger partial charge in [0.1, 0.15) is 0 Å². The molecule has 5 aliphatic carbocycles. The van der Waals surface area contributed by atoms with Crippen LogP contribution in [-0.4, -0.2) is 44.8 Å². The van der Waals surface area contributed by atoms with Crippen LogP contribution in [0.25, 0.3) is 0 Å². The van der Waals surface area contributed by atoms with E-state index >= 15 is 0 Å². The van der Waals surface area contributed by atoms with E-state index in [1.807, 2.05) is 0 Å². The van der Waals surface area contributed by atoms with Crippen LogP contribution in [0, 0.1) is 56.7 Å². The summed E-state index contributed by atoms with van der Waals surface area (Å²) in [5.74, 6) is 1.50. The van der Waals surface area contributed by atoms with Crippen molar-refractivity contribution < 1.29 is 20.4 Å². The summed E-state index contributed by atoms with van der Waals surface area (Å²) in [6.07, 6.45) is 5.38. The second kappa shape index (κ2) is 7.33. The summed E-state index contributed by atoms with van der Waals surface area (Å²) in [5.41, 5.74) is 0.582. The monoisotopic (exact) mass is 474 g/mol. The third kappa shape index (κ3) is 2.81. The fourth-order valence-electron chi connectivity index (χ4n) is 11.4. The third-order valence-electron chi connectivity index (χ3n) is 13.1. The lowest BCUT2D eigenvalue weighted by Gasteiger charge is -2.70. The normalized spacial score (nSPS) is 58.4. The van der Waals surface area contributed by atoms with Gasteiger partial charge in [-0.15, -0.1) is 0 Å². The van der Waals surface area contributed by atoms with Crippen LogP contribution in [0.5, 0.6) is 0 Å². The van der Waals surface area contributed by atoms with Crippen LogP contribution in [0.15, 0.2) is 11.6 Å². The maximum absolute atomic E-state index is 11.8. The van der Waals surface area contributed by atoms with Gasteiger partial charge in [0.25, 0.3) is 0 Å². The molecule has 4 saturated carbocycles. The van der Waals surface area contributed by atoms with Gasteiger partial charge in [-0.05, 0) is 89.3 Å². The van der Waals surface area contributed by atoms with Crippen molar-refractivity contribution in [2.75, 3.05) is 0 Å². The van der Waals surface area contributed by atoms with Gasteiger partial charge in [-0.25, -0.2) is 0 Å². The molecular formula is C30H50O4. The Morgan fingerprint density at radius 3 is 2.09 bits per heavy atom. The summed E-state index contributed by atoms with van der Waals surface area (Å²) in [4.78, 5) is 0. The molecule has 5 aliphatic rings. The van der Waals surface area contributed by atoms with E-state index in [-0.39, 0.29) is 45.5 Å². The number of hydrogen-bond donors (Lipinski definition) is 4. The molecule has 0 radical (unpaired) electrons. The van der Waals surface area contributed by atoms with Gasteiger partial charge >= 0.3 is 0 Å². The predicted molar refractivity (Wildman–Crippen MR) is 135 cm³/mol. The molecule has 4 N–H and O–H groups in total. The Morgan fingerprint density at radius 1 is 0.824 bits per heavy atom. The summed E-state index contributed by atoms with van der Waals surface area (Å²) in [7, 11) is 0. The second-order valence-corrected chi connectivity index (χ2v) is 15.1. The summed E-state index contributed by atoms with van der Waals surface area (Å²) in [6.45, 7) is 18.3. The molecule has 0 aromatic heterocycles. The lowest BCUT2D eigenvalue weighted by molar-refractivity contribution is -0.215. The third-order valence-corrected chi connectivity index (χ3v) is 13.1. The highest BCUT2D eigenvalue weighted by molar-refractivity contribution is 5.35. The van der Waals surface area contributed by atoms with Gasteiger partial charge in [0.2, 0.25) is 0 Å². The molecule has 0 aromatic rings. The average Bonchev–Trinajstić information content (AvgIpc) is 3.01. The molecule has 4 heteroatoms. The fourth-order valence-corrected chi connectivity index (χ4v) is 11.4. The largest absolute Gasteiger partial charge is 0.393 e. The first-order valence-corrected chi connectivity index (χ1v) is 14.0. The molecular weight excluding hydrogens is 424 g/mol. The first-order chi connectivity index (χ1) is 15.6. The van der Waals surface area contributed by atoms with Crippen LogP contribution in [0.2, 0.25) is 0 Å². The molecule has 4 fully saturated rings. The van der Waals surface area contributed by atoms with Crippen molar-refractivity contribution in [1.82, 2.24) is 0 Å². The lowest BCUT2D eigenvalue weighted by Crippen LogP contribution is -2.67. The molecule has 0 heterocycles. The standard InChI is InChI=1S/C30H50O4/c1-16(2)18-13-20(32)24-27(18,5)11-12-29(7)23-17(9-10-30(24,29)8)28(6)15-21(33)25(34)26(3,4)22(28)14-19(23)31/h9,16,18-25,31-34H,10-15H2,1-8H3/t18-,19-,20+,21+,22-,23-,24+,25-,27-,28+,29+,30-/m0/s1. The molecule has 12 atom stereocenters. The van der Waals surface area contributed by atoms with Crippen molar-refractivity contribution in [3.05, 3.63) is 11.6 Å². The van der Waals surface area contributed by atoms with Crippen LogP contribution in [-0.2, 0) is 0 Å². The van der Waals surface area contributed by atoms with Gasteiger partial charge in [0.05, 0.1) is 24.4 Å². The highest BCUT2D eigenvalue weighted by Crippen LogP contribution is 2.76. The second-order valence-electron chi connectivity index (χ2n) is 15.1. The molecule has 0 amide bonds. The van der Waals surface area contributed by atoms with E-state index in [0.717, 1.165) is 25.7 Å².